The molecule has 0 aromatic heterocycles. The van der Waals surface area contributed by atoms with Crippen molar-refractivity contribution in [1.29, 1.82) is 5.26 Å². The maximum Gasteiger partial charge on any atom is 0.253 e. The molecule has 0 saturated carbocycles. The lowest BCUT2D eigenvalue weighted by molar-refractivity contribution is 0.0606. The van der Waals surface area contributed by atoms with E-state index in [0.29, 0.717) is 32.8 Å². The normalized spacial score (nSPS) is 15.8. The fraction of sp³-hybridized carbons (Fsp3) is 0.364. The summed E-state index contributed by atoms with van der Waals surface area (Å²) in [6.45, 7) is 7.18. The predicted octanol–water partition coefficient (Wildman–Crippen LogP) is 3.42. The second kappa shape index (κ2) is 8.70. The zero-order valence-electron chi connectivity index (χ0n) is 15.9. The Morgan fingerprint density at radius 1 is 1.15 bits per heavy atom. The highest BCUT2D eigenvalue weighted by Gasteiger charge is 2.27. The highest BCUT2D eigenvalue weighted by atomic mass is 16.5. The van der Waals surface area contributed by atoms with Gasteiger partial charge in [0, 0.05) is 31.7 Å². The maximum atomic E-state index is 12.7. The van der Waals surface area contributed by atoms with E-state index in [9.17, 15) is 10.1 Å². The number of nitriles is 1. The molecule has 1 aliphatic heterocycles. The predicted molar refractivity (Wildman–Crippen MR) is 105 cm³/mol. The monoisotopic (exact) mass is 363 g/mol. The molecule has 1 fully saturated rings. The summed E-state index contributed by atoms with van der Waals surface area (Å²) in [6, 6.07) is 17.5. The van der Waals surface area contributed by atoms with Crippen molar-refractivity contribution in [2.24, 2.45) is 0 Å². The largest absolute Gasteiger partial charge is 0.494 e. The zero-order valence-corrected chi connectivity index (χ0v) is 15.9. The number of piperazine rings is 1. The Hall–Kier alpha value is -2.84. The van der Waals surface area contributed by atoms with E-state index in [-0.39, 0.29) is 11.9 Å². The van der Waals surface area contributed by atoms with Gasteiger partial charge in [0.25, 0.3) is 5.91 Å². The van der Waals surface area contributed by atoms with Crippen molar-refractivity contribution in [3.05, 3.63) is 65.2 Å². The van der Waals surface area contributed by atoms with Crippen LogP contribution in [-0.2, 0) is 0 Å². The number of rotatable bonds is 5. The van der Waals surface area contributed by atoms with Gasteiger partial charge in [0.1, 0.15) is 11.8 Å². The van der Waals surface area contributed by atoms with Crippen LogP contribution in [0.3, 0.4) is 0 Å². The Balaban J connectivity index is 1.63. The van der Waals surface area contributed by atoms with Gasteiger partial charge < -0.3 is 9.64 Å². The van der Waals surface area contributed by atoms with E-state index >= 15 is 0 Å². The highest BCUT2D eigenvalue weighted by Crippen LogP contribution is 2.24. The van der Waals surface area contributed by atoms with Crippen LogP contribution >= 0.6 is 0 Å². The third kappa shape index (κ3) is 4.47. The molecule has 27 heavy (non-hydrogen) atoms. The van der Waals surface area contributed by atoms with Crippen molar-refractivity contribution in [2.75, 3.05) is 32.8 Å². The first-order valence-corrected chi connectivity index (χ1v) is 9.34. The Morgan fingerprint density at radius 3 is 2.44 bits per heavy atom. The first-order valence-electron chi connectivity index (χ1n) is 9.34. The summed E-state index contributed by atoms with van der Waals surface area (Å²) in [5, 5.41) is 9.68. The summed E-state index contributed by atoms with van der Waals surface area (Å²) in [5.74, 6) is 0.874. The molecule has 140 valence electrons. The molecule has 1 heterocycles. The summed E-state index contributed by atoms with van der Waals surface area (Å²) in [4.78, 5) is 16.7. The molecule has 0 radical (unpaired) electrons. The van der Waals surface area contributed by atoms with Gasteiger partial charge in [-0.3, -0.25) is 9.69 Å². The average Bonchev–Trinajstić information content (AvgIpc) is 2.70. The van der Waals surface area contributed by atoms with Crippen LogP contribution in [0.25, 0.3) is 0 Å². The van der Waals surface area contributed by atoms with Gasteiger partial charge in [0.2, 0.25) is 0 Å². The molecule has 1 saturated heterocycles. The highest BCUT2D eigenvalue weighted by molar-refractivity contribution is 5.94. The molecule has 1 aliphatic rings. The maximum absolute atomic E-state index is 12.7. The Morgan fingerprint density at radius 2 is 1.85 bits per heavy atom. The van der Waals surface area contributed by atoms with Crippen molar-refractivity contribution >= 4 is 5.91 Å². The van der Waals surface area contributed by atoms with E-state index < -0.39 is 0 Å². The number of hydrogen-bond acceptors (Lipinski definition) is 4. The second-order valence-electron chi connectivity index (χ2n) is 6.73. The van der Waals surface area contributed by atoms with E-state index in [2.05, 4.69) is 11.0 Å². The van der Waals surface area contributed by atoms with Gasteiger partial charge in [-0.2, -0.15) is 5.26 Å². The second-order valence-corrected chi connectivity index (χ2v) is 6.73. The first kappa shape index (κ1) is 18.9. The summed E-state index contributed by atoms with van der Waals surface area (Å²) < 4.78 is 5.47. The molecule has 0 spiro atoms. The van der Waals surface area contributed by atoms with Crippen LogP contribution in [0.1, 0.15) is 34.5 Å². The molecular formula is C22H25N3O2. The van der Waals surface area contributed by atoms with E-state index in [1.165, 1.54) is 0 Å². The number of nitrogens with zero attached hydrogens (tertiary/aromatic N) is 3. The minimum atomic E-state index is -0.308. The molecule has 2 aromatic carbocycles. The van der Waals surface area contributed by atoms with Crippen molar-refractivity contribution < 1.29 is 9.53 Å². The molecule has 0 bridgehead atoms. The number of aryl methyl sites for hydroxylation is 1. The topological polar surface area (TPSA) is 56.6 Å². The van der Waals surface area contributed by atoms with Gasteiger partial charge in [-0.25, -0.2) is 0 Å². The van der Waals surface area contributed by atoms with Gasteiger partial charge in [0.15, 0.2) is 0 Å². The van der Waals surface area contributed by atoms with Gasteiger partial charge in [-0.05, 0) is 43.7 Å². The van der Waals surface area contributed by atoms with Crippen molar-refractivity contribution in [3.8, 4) is 11.8 Å². The Labute approximate surface area is 160 Å². The van der Waals surface area contributed by atoms with Crippen LogP contribution < -0.4 is 4.74 Å². The van der Waals surface area contributed by atoms with E-state index in [1.807, 2.05) is 67.3 Å². The van der Waals surface area contributed by atoms with Crippen molar-refractivity contribution in [3.63, 3.8) is 0 Å². The van der Waals surface area contributed by atoms with Gasteiger partial charge in [-0.1, -0.05) is 29.8 Å². The van der Waals surface area contributed by atoms with E-state index in [4.69, 9.17) is 4.74 Å². The summed E-state index contributed by atoms with van der Waals surface area (Å²) in [5.41, 5.74) is 2.77. The fourth-order valence-electron chi connectivity index (χ4n) is 3.42. The number of carbonyl (C=O) groups excluding carboxylic acids is 1. The molecule has 1 atom stereocenters. The molecule has 0 N–H and O–H groups in total. The number of hydrogen-bond donors (Lipinski definition) is 0. The molecule has 1 amide bonds. The lowest BCUT2D eigenvalue weighted by Crippen LogP contribution is -2.49. The van der Waals surface area contributed by atoms with Crippen LogP contribution in [0.15, 0.2) is 48.5 Å². The molecule has 5 nitrogen and oxygen atoms in total. The van der Waals surface area contributed by atoms with Gasteiger partial charge in [-0.15, -0.1) is 0 Å². The fourth-order valence-corrected chi connectivity index (χ4v) is 3.42. The minimum Gasteiger partial charge on any atom is -0.494 e. The molecule has 1 unspecified atom stereocenters. The molecule has 3 rings (SSSR count). The molecule has 5 heteroatoms. The summed E-state index contributed by atoms with van der Waals surface area (Å²) in [6.07, 6.45) is 0. The smallest absolute Gasteiger partial charge is 0.253 e. The van der Waals surface area contributed by atoms with Crippen LogP contribution in [0, 0.1) is 18.3 Å². The number of ether oxygens (including phenoxy) is 1. The first-order chi connectivity index (χ1) is 13.1. The molecular weight excluding hydrogens is 338 g/mol. The average molecular weight is 363 g/mol. The Bertz CT molecular complexity index is 818. The van der Waals surface area contributed by atoms with E-state index in [0.717, 1.165) is 22.4 Å². The van der Waals surface area contributed by atoms with Crippen LogP contribution in [0.2, 0.25) is 0 Å². The zero-order chi connectivity index (χ0) is 19.2. The van der Waals surface area contributed by atoms with Gasteiger partial charge >= 0.3 is 0 Å². The number of amides is 1. The summed E-state index contributed by atoms with van der Waals surface area (Å²) >= 11 is 0. The molecule has 0 aliphatic carbocycles. The van der Waals surface area contributed by atoms with Gasteiger partial charge in [0.05, 0.1) is 12.7 Å². The third-order valence-corrected chi connectivity index (χ3v) is 4.86. The summed E-state index contributed by atoms with van der Waals surface area (Å²) in [7, 11) is 0. The lowest BCUT2D eigenvalue weighted by atomic mass is 10.0. The Kier molecular flexibility index (Phi) is 6.10. The van der Waals surface area contributed by atoms with Crippen LogP contribution in [0.4, 0.5) is 0 Å². The molecule has 2 aromatic rings. The lowest BCUT2D eigenvalue weighted by Gasteiger charge is -2.37. The van der Waals surface area contributed by atoms with Crippen LogP contribution in [0.5, 0.6) is 5.75 Å². The number of carbonyl (C=O) groups is 1. The van der Waals surface area contributed by atoms with E-state index in [1.54, 1.807) is 0 Å². The third-order valence-electron chi connectivity index (χ3n) is 4.86. The van der Waals surface area contributed by atoms with Crippen molar-refractivity contribution in [1.82, 2.24) is 9.80 Å². The quantitative estimate of drug-likeness (QED) is 0.817. The SMILES string of the molecule is CCOc1ccc(C(C#N)N2CCN(C(=O)c3cccc(C)c3)CC2)cc1. The van der Waals surface area contributed by atoms with Crippen LogP contribution in [-0.4, -0.2) is 48.5 Å². The number of benzene rings is 2. The standard InChI is InChI=1S/C22H25N3O2/c1-3-27-20-9-7-18(8-10-20)21(16-23)24-11-13-25(14-12-24)22(26)19-6-4-5-17(2)15-19/h4-10,15,21H,3,11-14H2,1-2H3. The van der Waals surface area contributed by atoms with Crippen molar-refractivity contribution in [2.45, 2.75) is 19.9 Å². The minimum absolute atomic E-state index is 0.0629.